The molecule has 1 aromatic rings. The highest BCUT2D eigenvalue weighted by atomic mass is 16.6. The van der Waals surface area contributed by atoms with Gasteiger partial charge in [-0.15, -0.1) is 0 Å². The molecule has 0 atom stereocenters. The van der Waals surface area contributed by atoms with Gasteiger partial charge in [0.15, 0.2) is 0 Å². The molecule has 0 fully saturated rings. The van der Waals surface area contributed by atoms with Crippen LogP contribution in [-0.4, -0.2) is 23.7 Å². The van der Waals surface area contributed by atoms with Crippen molar-refractivity contribution in [3.63, 3.8) is 0 Å². The summed E-state index contributed by atoms with van der Waals surface area (Å²) < 4.78 is 4.92. The number of alkyl carbamates (subject to hydrolysis) is 1. The molecule has 0 unspecified atom stereocenters. The summed E-state index contributed by atoms with van der Waals surface area (Å²) in [5.41, 5.74) is 0.961. The molecule has 0 aromatic carbocycles. The van der Waals surface area contributed by atoms with Crippen LogP contribution in [0.15, 0.2) is 24.4 Å². The fourth-order valence-electron chi connectivity index (χ4n) is 1.09. The lowest BCUT2D eigenvalue weighted by atomic mass is 10.3. The first-order chi connectivity index (χ1) is 7.18. The third kappa shape index (κ3) is 5.00. The van der Waals surface area contributed by atoms with Gasteiger partial charge >= 0.3 is 6.09 Å². The van der Waals surface area contributed by atoms with Gasteiger partial charge < -0.3 is 10.1 Å². The fourth-order valence-corrected chi connectivity index (χ4v) is 1.09. The van der Waals surface area contributed by atoms with Crippen LogP contribution in [0.5, 0.6) is 0 Å². The first kappa shape index (κ1) is 11.5. The quantitative estimate of drug-likeness (QED) is 0.820. The lowest BCUT2D eigenvalue weighted by Crippen LogP contribution is -2.28. The minimum Gasteiger partial charge on any atom is -0.447 e. The Labute approximate surface area is 89.7 Å². The van der Waals surface area contributed by atoms with Crippen molar-refractivity contribution in [1.82, 2.24) is 10.3 Å². The van der Waals surface area contributed by atoms with E-state index in [0.717, 1.165) is 5.69 Å². The summed E-state index contributed by atoms with van der Waals surface area (Å²) >= 11 is 0. The molecular weight excluding hydrogens is 192 g/mol. The van der Waals surface area contributed by atoms with Crippen molar-refractivity contribution in [3.8, 4) is 0 Å². The maximum atomic E-state index is 11.1. The highest BCUT2D eigenvalue weighted by Gasteiger charge is 2.03. The summed E-state index contributed by atoms with van der Waals surface area (Å²) in [6, 6.07) is 5.72. The molecule has 1 aromatic heterocycles. The predicted octanol–water partition coefficient (Wildman–Crippen LogP) is 1.76. The van der Waals surface area contributed by atoms with E-state index in [0.29, 0.717) is 13.0 Å². The first-order valence-corrected chi connectivity index (χ1v) is 5.03. The summed E-state index contributed by atoms with van der Waals surface area (Å²) in [6.45, 7) is 4.18. The standard InChI is InChI=1S/C11H16N2O2/c1-9(2)15-11(14)13-8-6-10-5-3-4-7-12-10/h3-5,7,9H,6,8H2,1-2H3,(H,13,14). The zero-order valence-electron chi connectivity index (χ0n) is 9.06. The first-order valence-electron chi connectivity index (χ1n) is 5.03. The number of rotatable bonds is 4. The Kier molecular flexibility index (Phi) is 4.60. The number of nitrogens with zero attached hydrogens (tertiary/aromatic N) is 1. The lowest BCUT2D eigenvalue weighted by Gasteiger charge is -2.08. The summed E-state index contributed by atoms with van der Waals surface area (Å²) in [6.07, 6.45) is 2.00. The largest absolute Gasteiger partial charge is 0.447 e. The topological polar surface area (TPSA) is 51.2 Å². The van der Waals surface area contributed by atoms with Gasteiger partial charge in [0.25, 0.3) is 0 Å². The molecule has 0 radical (unpaired) electrons. The van der Waals surface area contributed by atoms with Crippen molar-refractivity contribution in [2.45, 2.75) is 26.4 Å². The van der Waals surface area contributed by atoms with Crippen LogP contribution in [-0.2, 0) is 11.2 Å². The second kappa shape index (κ2) is 6.01. The van der Waals surface area contributed by atoms with Crippen molar-refractivity contribution in [3.05, 3.63) is 30.1 Å². The zero-order valence-corrected chi connectivity index (χ0v) is 9.06. The van der Waals surface area contributed by atoms with E-state index in [-0.39, 0.29) is 12.2 Å². The van der Waals surface area contributed by atoms with E-state index in [1.165, 1.54) is 0 Å². The number of nitrogens with one attached hydrogen (secondary N) is 1. The van der Waals surface area contributed by atoms with E-state index in [1.54, 1.807) is 6.20 Å². The van der Waals surface area contributed by atoms with Gasteiger partial charge in [0.05, 0.1) is 6.10 Å². The van der Waals surface area contributed by atoms with E-state index in [2.05, 4.69) is 10.3 Å². The number of carbonyl (C=O) groups excluding carboxylic acids is 1. The zero-order chi connectivity index (χ0) is 11.1. The predicted molar refractivity (Wildman–Crippen MR) is 57.6 cm³/mol. The monoisotopic (exact) mass is 208 g/mol. The summed E-state index contributed by atoms with van der Waals surface area (Å²) in [7, 11) is 0. The van der Waals surface area contributed by atoms with Gasteiger partial charge in [0.1, 0.15) is 0 Å². The molecular formula is C11H16N2O2. The number of amides is 1. The molecule has 0 spiro atoms. The number of ether oxygens (including phenoxy) is 1. The van der Waals surface area contributed by atoms with Gasteiger partial charge in [-0.2, -0.15) is 0 Å². The normalized spacial score (nSPS) is 10.1. The fraction of sp³-hybridized carbons (Fsp3) is 0.455. The summed E-state index contributed by atoms with van der Waals surface area (Å²) in [4.78, 5) is 15.2. The molecule has 1 amide bonds. The number of pyridine rings is 1. The Balaban J connectivity index is 2.19. The third-order valence-electron chi connectivity index (χ3n) is 1.72. The van der Waals surface area contributed by atoms with Crippen molar-refractivity contribution in [2.75, 3.05) is 6.54 Å². The minimum atomic E-state index is -0.374. The molecule has 0 bridgehead atoms. The van der Waals surface area contributed by atoms with Crippen LogP contribution in [0.25, 0.3) is 0 Å². The Morgan fingerprint density at radius 2 is 2.33 bits per heavy atom. The molecule has 0 aliphatic rings. The lowest BCUT2D eigenvalue weighted by molar-refractivity contribution is 0.116. The third-order valence-corrected chi connectivity index (χ3v) is 1.72. The molecule has 0 aliphatic carbocycles. The van der Waals surface area contributed by atoms with Gasteiger partial charge in [0.2, 0.25) is 0 Å². The van der Waals surface area contributed by atoms with Crippen LogP contribution in [0, 0.1) is 0 Å². The Hall–Kier alpha value is -1.58. The average molecular weight is 208 g/mol. The van der Waals surface area contributed by atoms with Crippen LogP contribution in [0.1, 0.15) is 19.5 Å². The SMILES string of the molecule is CC(C)OC(=O)NCCc1ccccn1. The van der Waals surface area contributed by atoms with Crippen molar-refractivity contribution < 1.29 is 9.53 Å². The highest BCUT2D eigenvalue weighted by Crippen LogP contribution is 1.94. The average Bonchev–Trinajstić information content (AvgIpc) is 2.18. The number of aromatic nitrogens is 1. The van der Waals surface area contributed by atoms with Crippen LogP contribution in [0.4, 0.5) is 4.79 Å². The van der Waals surface area contributed by atoms with E-state index < -0.39 is 0 Å². The van der Waals surface area contributed by atoms with Crippen LogP contribution >= 0.6 is 0 Å². The van der Waals surface area contributed by atoms with Crippen LogP contribution in [0.2, 0.25) is 0 Å². The van der Waals surface area contributed by atoms with Crippen molar-refractivity contribution in [1.29, 1.82) is 0 Å². The van der Waals surface area contributed by atoms with Crippen molar-refractivity contribution >= 4 is 6.09 Å². The number of hydrogen-bond donors (Lipinski definition) is 1. The molecule has 82 valence electrons. The van der Waals surface area contributed by atoms with Gasteiger partial charge in [-0.05, 0) is 26.0 Å². The molecule has 1 rings (SSSR count). The van der Waals surface area contributed by atoms with E-state index in [1.807, 2.05) is 32.0 Å². The molecule has 0 saturated heterocycles. The van der Waals surface area contributed by atoms with Gasteiger partial charge in [-0.25, -0.2) is 4.79 Å². The molecule has 0 saturated carbocycles. The molecule has 1 N–H and O–H groups in total. The molecule has 15 heavy (non-hydrogen) atoms. The molecule has 4 nitrogen and oxygen atoms in total. The molecule has 1 heterocycles. The maximum absolute atomic E-state index is 11.1. The second-order valence-electron chi connectivity index (χ2n) is 3.45. The maximum Gasteiger partial charge on any atom is 0.407 e. The van der Waals surface area contributed by atoms with E-state index in [4.69, 9.17) is 4.74 Å². The van der Waals surface area contributed by atoms with Crippen molar-refractivity contribution in [2.24, 2.45) is 0 Å². The van der Waals surface area contributed by atoms with E-state index in [9.17, 15) is 4.79 Å². The summed E-state index contributed by atoms with van der Waals surface area (Å²) in [5.74, 6) is 0. The minimum absolute atomic E-state index is 0.0835. The highest BCUT2D eigenvalue weighted by molar-refractivity contribution is 5.67. The molecule has 4 heteroatoms. The smallest absolute Gasteiger partial charge is 0.407 e. The summed E-state index contributed by atoms with van der Waals surface area (Å²) in [5, 5.41) is 2.66. The van der Waals surface area contributed by atoms with Crippen LogP contribution in [0.3, 0.4) is 0 Å². The second-order valence-corrected chi connectivity index (χ2v) is 3.45. The van der Waals surface area contributed by atoms with Gasteiger partial charge in [0, 0.05) is 24.9 Å². The van der Waals surface area contributed by atoms with Gasteiger partial charge in [-0.1, -0.05) is 6.07 Å². The number of carbonyl (C=O) groups is 1. The Morgan fingerprint density at radius 1 is 1.53 bits per heavy atom. The van der Waals surface area contributed by atoms with Crippen LogP contribution < -0.4 is 5.32 Å². The number of hydrogen-bond acceptors (Lipinski definition) is 3. The Bertz CT molecular complexity index is 299. The van der Waals surface area contributed by atoms with E-state index >= 15 is 0 Å². The Morgan fingerprint density at radius 3 is 2.93 bits per heavy atom. The van der Waals surface area contributed by atoms with Gasteiger partial charge in [-0.3, -0.25) is 4.98 Å². The molecule has 0 aliphatic heterocycles.